The van der Waals surface area contributed by atoms with Crippen molar-refractivity contribution in [3.8, 4) is 5.75 Å². The van der Waals surface area contributed by atoms with E-state index in [1.54, 1.807) is 0 Å². The van der Waals surface area contributed by atoms with Gasteiger partial charge in [-0.15, -0.1) is 0 Å². The number of aliphatic carboxylic acids is 1. The van der Waals surface area contributed by atoms with E-state index in [1.807, 2.05) is 73.7 Å². The first-order valence-corrected chi connectivity index (χ1v) is 12.9. The summed E-state index contributed by atoms with van der Waals surface area (Å²) in [4.78, 5) is 21.0. The molecule has 1 heterocycles. The molecule has 1 atom stereocenters. The molecule has 3 aromatic rings. The molecule has 0 fully saturated rings. The highest BCUT2D eigenvalue weighted by Crippen LogP contribution is 2.28. The largest absolute Gasteiger partial charge is 0.542 e. The molecule has 1 aliphatic heterocycles. The van der Waals surface area contributed by atoms with Gasteiger partial charge in [-0.2, -0.15) is 13.2 Å². The van der Waals surface area contributed by atoms with Gasteiger partial charge in [0.15, 0.2) is 0 Å². The molecule has 1 amide bonds. The van der Waals surface area contributed by atoms with Gasteiger partial charge in [-0.05, 0) is 73.6 Å². The zero-order chi connectivity index (χ0) is 28.8. The van der Waals surface area contributed by atoms with E-state index in [0.717, 1.165) is 35.1 Å². The Hall–Kier alpha value is -3.23. The van der Waals surface area contributed by atoms with Gasteiger partial charge in [-0.1, -0.05) is 71.2 Å². The molecule has 0 saturated carbocycles. The molecule has 4 rings (SSSR count). The Labute approximate surface area is 235 Å². The van der Waals surface area contributed by atoms with Crippen LogP contribution in [0, 0.1) is 12.8 Å². The fourth-order valence-electron chi connectivity index (χ4n) is 3.60. The monoisotopic (exact) mass is 582 g/mol. The van der Waals surface area contributed by atoms with Gasteiger partial charge in [0.1, 0.15) is 11.7 Å². The molecule has 0 saturated heterocycles. The number of halogens is 5. The number of carboxylic acid groups (broad SMARTS) is 1. The minimum Gasteiger partial charge on any atom is -0.542 e. The van der Waals surface area contributed by atoms with E-state index in [0.29, 0.717) is 25.5 Å². The summed E-state index contributed by atoms with van der Waals surface area (Å²) in [5.74, 6) is -1.59. The molecule has 1 aliphatic rings. The third-order valence-corrected chi connectivity index (χ3v) is 6.13. The Morgan fingerprint density at radius 1 is 0.974 bits per heavy atom. The summed E-state index contributed by atoms with van der Waals surface area (Å²) in [7, 11) is 0. The normalized spacial score (nSPS) is 14.2. The molecule has 3 aromatic carbocycles. The zero-order valence-corrected chi connectivity index (χ0v) is 22.8. The SMILES string of the molecule is Cc1ccc(Cl)cc1.O=C(CC1CCOc2ccccc2C1)NCCc1ccc(Cl)cc1.O=C([O-])C(F)(F)F. The summed E-state index contributed by atoms with van der Waals surface area (Å²) in [6.07, 6.45) is -2.00. The minimum absolute atomic E-state index is 0.119. The lowest BCUT2D eigenvalue weighted by Crippen LogP contribution is -2.37. The van der Waals surface area contributed by atoms with Crippen LogP contribution in [0.4, 0.5) is 13.2 Å². The lowest BCUT2D eigenvalue weighted by Gasteiger charge is -2.13. The lowest BCUT2D eigenvalue weighted by molar-refractivity contribution is -0.344. The number of carboxylic acids is 1. The zero-order valence-electron chi connectivity index (χ0n) is 21.3. The number of carbonyl (C=O) groups is 2. The van der Waals surface area contributed by atoms with Crippen LogP contribution < -0.4 is 15.2 Å². The van der Waals surface area contributed by atoms with E-state index in [2.05, 4.69) is 11.4 Å². The maximum Gasteiger partial charge on any atom is 0.430 e. The molecular formula is C29H29Cl2F3NO4-. The van der Waals surface area contributed by atoms with Crippen molar-refractivity contribution in [3.63, 3.8) is 0 Å². The van der Waals surface area contributed by atoms with Crippen molar-refractivity contribution < 1.29 is 32.6 Å². The maximum absolute atomic E-state index is 12.2. The van der Waals surface area contributed by atoms with E-state index in [-0.39, 0.29) is 5.91 Å². The highest BCUT2D eigenvalue weighted by molar-refractivity contribution is 6.30. The first-order chi connectivity index (χ1) is 18.4. The third kappa shape index (κ3) is 12.9. The summed E-state index contributed by atoms with van der Waals surface area (Å²) in [5.41, 5.74) is 3.62. The molecule has 1 unspecified atom stereocenters. The number of rotatable bonds is 5. The van der Waals surface area contributed by atoms with Crippen LogP contribution in [-0.2, 0) is 22.4 Å². The van der Waals surface area contributed by atoms with Crippen LogP contribution in [0.2, 0.25) is 10.0 Å². The molecule has 210 valence electrons. The van der Waals surface area contributed by atoms with Crippen LogP contribution in [-0.4, -0.2) is 31.2 Å². The number of alkyl halides is 3. The van der Waals surface area contributed by atoms with Crippen molar-refractivity contribution in [3.05, 3.63) is 99.5 Å². The Morgan fingerprint density at radius 3 is 2.10 bits per heavy atom. The predicted molar refractivity (Wildman–Crippen MR) is 144 cm³/mol. The molecule has 10 heteroatoms. The van der Waals surface area contributed by atoms with E-state index < -0.39 is 12.1 Å². The molecule has 0 aromatic heterocycles. The van der Waals surface area contributed by atoms with Crippen molar-refractivity contribution in [2.24, 2.45) is 5.92 Å². The van der Waals surface area contributed by atoms with Crippen molar-refractivity contribution in [1.82, 2.24) is 5.32 Å². The summed E-state index contributed by atoms with van der Waals surface area (Å²) in [6, 6.07) is 23.6. The van der Waals surface area contributed by atoms with E-state index >= 15 is 0 Å². The minimum atomic E-state index is -5.19. The van der Waals surface area contributed by atoms with Crippen LogP contribution in [0.3, 0.4) is 0 Å². The first-order valence-electron chi connectivity index (χ1n) is 12.2. The molecular weight excluding hydrogens is 554 g/mol. The molecule has 0 aliphatic carbocycles. The second-order valence-electron chi connectivity index (χ2n) is 8.83. The Kier molecular flexibility index (Phi) is 13.1. The number of para-hydroxylation sites is 1. The number of aryl methyl sites for hydroxylation is 1. The van der Waals surface area contributed by atoms with E-state index in [1.165, 1.54) is 16.7 Å². The van der Waals surface area contributed by atoms with Gasteiger partial charge in [0.2, 0.25) is 5.91 Å². The Balaban J connectivity index is 0.000000291. The Bertz CT molecular complexity index is 1170. The summed E-state index contributed by atoms with van der Waals surface area (Å²) in [5, 5.41) is 13.3. The summed E-state index contributed by atoms with van der Waals surface area (Å²) >= 11 is 11.5. The molecule has 1 N–H and O–H groups in total. The molecule has 39 heavy (non-hydrogen) atoms. The fraction of sp³-hybridized carbons (Fsp3) is 0.310. The summed E-state index contributed by atoms with van der Waals surface area (Å²) in [6.45, 7) is 3.37. The maximum atomic E-state index is 12.2. The standard InChI is InChI=1S/C20H22ClNO2.C7H7Cl.C2HF3O2/c21-18-7-5-15(6-8-18)9-11-22-20(23)14-16-10-12-24-19-4-2-1-3-17(19)13-16;1-6-2-4-7(8)5-3-6;3-2(4,5)1(6)7/h1-8,16H,9-14H2,(H,22,23);2-5H,1H3;(H,6,7)/p-1. The number of amides is 1. The van der Waals surface area contributed by atoms with E-state index in [9.17, 15) is 18.0 Å². The molecule has 0 bridgehead atoms. The number of ether oxygens (including phenoxy) is 1. The highest BCUT2D eigenvalue weighted by atomic mass is 35.5. The number of carbonyl (C=O) groups excluding carboxylic acids is 2. The van der Waals surface area contributed by atoms with Crippen LogP contribution in [0.15, 0.2) is 72.8 Å². The number of hydrogen-bond donors (Lipinski definition) is 1. The highest BCUT2D eigenvalue weighted by Gasteiger charge is 2.28. The van der Waals surface area contributed by atoms with Crippen molar-refractivity contribution in [2.75, 3.05) is 13.2 Å². The van der Waals surface area contributed by atoms with Gasteiger partial charge in [-0.25, -0.2) is 0 Å². The third-order valence-electron chi connectivity index (χ3n) is 5.63. The fourth-order valence-corrected chi connectivity index (χ4v) is 3.85. The quantitative estimate of drug-likeness (QED) is 0.401. The molecule has 0 spiro atoms. The number of benzene rings is 3. The van der Waals surface area contributed by atoms with Crippen LogP contribution >= 0.6 is 23.2 Å². The topological polar surface area (TPSA) is 78.5 Å². The van der Waals surface area contributed by atoms with Crippen LogP contribution in [0.25, 0.3) is 0 Å². The average Bonchev–Trinajstić information content (AvgIpc) is 3.09. The first kappa shape index (κ1) is 32.0. The van der Waals surface area contributed by atoms with Gasteiger partial charge < -0.3 is 20.0 Å². The summed E-state index contributed by atoms with van der Waals surface area (Å²) < 4.78 is 37.3. The lowest BCUT2D eigenvalue weighted by atomic mass is 9.93. The van der Waals surface area contributed by atoms with Crippen LogP contribution in [0.5, 0.6) is 5.75 Å². The van der Waals surface area contributed by atoms with Crippen molar-refractivity contribution >= 4 is 35.1 Å². The molecule has 0 radical (unpaired) electrons. The average molecular weight is 583 g/mol. The van der Waals surface area contributed by atoms with Gasteiger partial charge in [0, 0.05) is 23.0 Å². The van der Waals surface area contributed by atoms with Gasteiger partial charge >= 0.3 is 6.18 Å². The van der Waals surface area contributed by atoms with Gasteiger partial charge in [0.05, 0.1) is 6.61 Å². The molecule has 5 nitrogen and oxygen atoms in total. The van der Waals surface area contributed by atoms with Crippen molar-refractivity contribution in [1.29, 1.82) is 0 Å². The van der Waals surface area contributed by atoms with E-state index in [4.69, 9.17) is 37.8 Å². The number of nitrogens with one attached hydrogen (secondary N) is 1. The predicted octanol–water partition coefficient (Wildman–Crippen LogP) is 5.98. The smallest absolute Gasteiger partial charge is 0.430 e. The number of hydrogen-bond acceptors (Lipinski definition) is 4. The Morgan fingerprint density at radius 2 is 1.54 bits per heavy atom. The second kappa shape index (κ2) is 16.0. The second-order valence-corrected chi connectivity index (χ2v) is 9.70. The van der Waals surface area contributed by atoms with Gasteiger partial charge in [-0.3, -0.25) is 4.79 Å². The number of fused-ring (bicyclic) bond motifs is 1. The van der Waals surface area contributed by atoms with Crippen LogP contribution in [0.1, 0.15) is 29.5 Å². The van der Waals surface area contributed by atoms with Crippen molar-refractivity contribution in [2.45, 2.75) is 38.8 Å². The van der Waals surface area contributed by atoms with Gasteiger partial charge in [0.25, 0.3) is 0 Å².